The summed E-state index contributed by atoms with van der Waals surface area (Å²) in [5, 5.41) is 9.27. The lowest BCUT2D eigenvalue weighted by molar-refractivity contribution is -0.143. The number of carbonyl (C=O) groups is 2. The molecular weight excluding hydrogens is 329 g/mol. The number of ether oxygens (including phenoxy) is 1. The van der Waals surface area contributed by atoms with Gasteiger partial charge in [-0.25, -0.2) is 9.02 Å². The summed E-state index contributed by atoms with van der Waals surface area (Å²) < 4.78 is 23.1. The number of esters is 1. The van der Waals surface area contributed by atoms with Gasteiger partial charge in [-0.1, -0.05) is 22.8 Å². The quantitative estimate of drug-likeness (QED) is 0.811. The van der Waals surface area contributed by atoms with Gasteiger partial charge in [0.05, 0.1) is 23.7 Å². The zero-order valence-electron chi connectivity index (χ0n) is 12.1. The molecule has 1 amide bonds. The van der Waals surface area contributed by atoms with Gasteiger partial charge >= 0.3 is 5.97 Å². The lowest BCUT2D eigenvalue weighted by atomic mass is 10.2. The number of halogens is 2. The van der Waals surface area contributed by atoms with E-state index in [2.05, 4.69) is 20.3 Å². The largest absolute Gasteiger partial charge is 0.466 e. The number of nitrogens with zero attached hydrogens (tertiary/aromatic N) is 2. The SMILES string of the molecule is CCOC(=O)CCc1nonc1C(=O)Nc1cccc(Cl)c1F. The third kappa shape index (κ3) is 4.26. The minimum absolute atomic E-state index is 0.0217. The number of amides is 1. The average molecular weight is 342 g/mol. The van der Waals surface area contributed by atoms with E-state index >= 15 is 0 Å². The summed E-state index contributed by atoms with van der Waals surface area (Å²) in [5.74, 6) is -1.90. The van der Waals surface area contributed by atoms with Gasteiger partial charge < -0.3 is 10.1 Å². The molecule has 0 fully saturated rings. The number of anilines is 1. The van der Waals surface area contributed by atoms with Crippen LogP contribution in [-0.2, 0) is 16.0 Å². The molecule has 9 heteroatoms. The van der Waals surface area contributed by atoms with Crippen LogP contribution >= 0.6 is 11.6 Å². The molecule has 0 aliphatic rings. The lowest BCUT2D eigenvalue weighted by Crippen LogP contribution is -2.16. The second-order valence-corrected chi connectivity index (χ2v) is 4.83. The van der Waals surface area contributed by atoms with Gasteiger partial charge in [0, 0.05) is 6.42 Å². The maximum absolute atomic E-state index is 13.8. The van der Waals surface area contributed by atoms with Crippen LogP contribution < -0.4 is 5.32 Å². The van der Waals surface area contributed by atoms with Crippen molar-refractivity contribution in [1.29, 1.82) is 0 Å². The van der Waals surface area contributed by atoms with E-state index < -0.39 is 17.7 Å². The Kier molecular flexibility index (Phi) is 5.64. The molecule has 0 unspecified atom stereocenters. The Labute approximate surface area is 135 Å². The van der Waals surface area contributed by atoms with Crippen LogP contribution in [0.1, 0.15) is 29.5 Å². The van der Waals surface area contributed by atoms with Crippen molar-refractivity contribution in [3.8, 4) is 0 Å². The van der Waals surface area contributed by atoms with E-state index in [1.165, 1.54) is 18.2 Å². The van der Waals surface area contributed by atoms with Gasteiger partial charge in [-0.3, -0.25) is 9.59 Å². The van der Waals surface area contributed by atoms with Crippen LogP contribution in [0.15, 0.2) is 22.8 Å². The van der Waals surface area contributed by atoms with Gasteiger partial charge in [-0.2, -0.15) is 0 Å². The van der Waals surface area contributed by atoms with Crippen molar-refractivity contribution >= 4 is 29.2 Å². The molecule has 0 saturated heterocycles. The highest BCUT2D eigenvalue weighted by Crippen LogP contribution is 2.22. The van der Waals surface area contributed by atoms with Crippen molar-refractivity contribution in [1.82, 2.24) is 10.3 Å². The first-order chi connectivity index (χ1) is 11.0. The first-order valence-corrected chi connectivity index (χ1v) is 7.13. The van der Waals surface area contributed by atoms with Crippen LogP contribution in [0.2, 0.25) is 5.02 Å². The second-order valence-electron chi connectivity index (χ2n) is 4.42. The molecular formula is C14H13ClFN3O4. The number of hydrogen-bond donors (Lipinski definition) is 1. The summed E-state index contributed by atoms with van der Waals surface area (Å²) in [6, 6.07) is 4.20. The third-order valence-corrected chi connectivity index (χ3v) is 3.13. The second kappa shape index (κ2) is 7.68. The Bertz CT molecular complexity index is 720. The Morgan fingerprint density at radius 3 is 2.91 bits per heavy atom. The van der Waals surface area contributed by atoms with E-state index in [-0.39, 0.29) is 41.5 Å². The Balaban J connectivity index is 2.07. The predicted molar refractivity (Wildman–Crippen MR) is 78.6 cm³/mol. The molecule has 1 heterocycles. The highest BCUT2D eigenvalue weighted by molar-refractivity contribution is 6.31. The normalized spacial score (nSPS) is 10.4. The minimum Gasteiger partial charge on any atom is -0.466 e. The molecule has 0 atom stereocenters. The summed E-state index contributed by atoms with van der Waals surface area (Å²) in [6.45, 7) is 1.95. The number of nitrogens with one attached hydrogen (secondary N) is 1. The number of aryl methyl sites for hydroxylation is 1. The lowest BCUT2D eigenvalue weighted by Gasteiger charge is -2.06. The molecule has 122 valence electrons. The van der Waals surface area contributed by atoms with E-state index in [1.54, 1.807) is 6.92 Å². The Morgan fingerprint density at radius 1 is 1.39 bits per heavy atom. The maximum Gasteiger partial charge on any atom is 0.306 e. The first kappa shape index (κ1) is 16.9. The van der Waals surface area contributed by atoms with Gasteiger partial charge in [0.2, 0.25) is 0 Å². The fraction of sp³-hybridized carbons (Fsp3) is 0.286. The molecule has 0 aliphatic carbocycles. The van der Waals surface area contributed by atoms with Gasteiger partial charge in [-0.05, 0) is 24.2 Å². The van der Waals surface area contributed by atoms with Crippen molar-refractivity contribution in [3.05, 3.63) is 40.4 Å². The van der Waals surface area contributed by atoms with E-state index in [4.69, 9.17) is 16.3 Å². The molecule has 23 heavy (non-hydrogen) atoms. The highest BCUT2D eigenvalue weighted by atomic mass is 35.5. The standard InChI is InChI=1S/C14H13ClFN3O4/c1-2-22-11(20)7-6-10-13(19-23-18-10)14(21)17-9-5-3-4-8(15)12(9)16/h3-5H,2,6-7H2,1H3,(H,17,21). The monoisotopic (exact) mass is 341 g/mol. The van der Waals surface area contributed by atoms with Crippen LogP contribution in [0.5, 0.6) is 0 Å². The minimum atomic E-state index is -0.757. The van der Waals surface area contributed by atoms with Crippen LogP contribution in [-0.4, -0.2) is 28.8 Å². The average Bonchev–Trinajstić information content (AvgIpc) is 2.99. The van der Waals surface area contributed by atoms with Crippen molar-refractivity contribution in [3.63, 3.8) is 0 Å². The summed E-state index contributed by atoms with van der Waals surface area (Å²) >= 11 is 5.64. The molecule has 0 aliphatic heterocycles. The molecule has 0 saturated carbocycles. The summed E-state index contributed by atoms with van der Waals surface area (Å²) in [4.78, 5) is 23.5. The topological polar surface area (TPSA) is 94.3 Å². The van der Waals surface area contributed by atoms with E-state index in [1.807, 2.05) is 0 Å². The molecule has 1 N–H and O–H groups in total. The van der Waals surface area contributed by atoms with Crippen LogP contribution in [0.4, 0.5) is 10.1 Å². The highest BCUT2D eigenvalue weighted by Gasteiger charge is 2.20. The summed E-state index contributed by atoms with van der Waals surface area (Å²) in [6.07, 6.45) is 0.136. The molecule has 0 radical (unpaired) electrons. The molecule has 7 nitrogen and oxygen atoms in total. The summed E-state index contributed by atoms with van der Waals surface area (Å²) in [7, 11) is 0. The van der Waals surface area contributed by atoms with E-state index in [0.29, 0.717) is 0 Å². The van der Waals surface area contributed by atoms with Gasteiger partial charge in [0.25, 0.3) is 5.91 Å². The number of hydrogen-bond acceptors (Lipinski definition) is 6. The Morgan fingerprint density at radius 2 is 2.17 bits per heavy atom. The maximum atomic E-state index is 13.8. The molecule has 2 rings (SSSR count). The molecule has 2 aromatic rings. The van der Waals surface area contributed by atoms with Crippen molar-refractivity contribution < 1.29 is 23.3 Å². The molecule has 1 aromatic carbocycles. The number of benzene rings is 1. The number of carbonyl (C=O) groups excluding carboxylic acids is 2. The zero-order chi connectivity index (χ0) is 16.8. The van der Waals surface area contributed by atoms with Crippen LogP contribution in [0, 0.1) is 5.82 Å². The van der Waals surface area contributed by atoms with Crippen LogP contribution in [0.25, 0.3) is 0 Å². The number of aromatic nitrogens is 2. The molecule has 1 aromatic heterocycles. The fourth-order valence-corrected chi connectivity index (χ4v) is 1.95. The van der Waals surface area contributed by atoms with Crippen molar-refractivity contribution in [2.45, 2.75) is 19.8 Å². The smallest absolute Gasteiger partial charge is 0.306 e. The van der Waals surface area contributed by atoms with Gasteiger partial charge in [0.1, 0.15) is 5.69 Å². The van der Waals surface area contributed by atoms with E-state index in [9.17, 15) is 14.0 Å². The van der Waals surface area contributed by atoms with Gasteiger partial charge in [0.15, 0.2) is 11.5 Å². The third-order valence-electron chi connectivity index (χ3n) is 2.84. The number of rotatable bonds is 6. The first-order valence-electron chi connectivity index (χ1n) is 6.75. The predicted octanol–water partition coefficient (Wildman–Crippen LogP) is 2.61. The Hall–Kier alpha value is -2.48. The van der Waals surface area contributed by atoms with Gasteiger partial charge in [-0.15, -0.1) is 0 Å². The summed E-state index contributed by atoms with van der Waals surface area (Å²) in [5.41, 5.74) is -0.0477. The van der Waals surface area contributed by atoms with E-state index in [0.717, 1.165) is 0 Å². The zero-order valence-corrected chi connectivity index (χ0v) is 12.9. The fourth-order valence-electron chi connectivity index (χ4n) is 1.78. The van der Waals surface area contributed by atoms with Crippen LogP contribution in [0.3, 0.4) is 0 Å². The molecule has 0 spiro atoms. The van der Waals surface area contributed by atoms with Crippen molar-refractivity contribution in [2.75, 3.05) is 11.9 Å². The van der Waals surface area contributed by atoms with Crippen molar-refractivity contribution in [2.24, 2.45) is 0 Å². The molecule has 0 bridgehead atoms.